The van der Waals surface area contributed by atoms with Gasteiger partial charge in [-0.2, -0.15) is 0 Å². The zero-order chi connectivity index (χ0) is 15.5. The van der Waals surface area contributed by atoms with Gasteiger partial charge in [-0.1, -0.05) is 19.3 Å². The number of carbonyl (C=O) groups excluding carboxylic acids is 1. The van der Waals surface area contributed by atoms with Gasteiger partial charge >= 0.3 is 0 Å². The van der Waals surface area contributed by atoms with Gasteiger partial charge in [0.15, 0.2) is 11.2 Å². The molecule has 22 heavy (non-hydrogen) atoms. The first-order valence-corrected chi connectivity index (χ1v) is 7.65. The van der Waals surface area contributed by atoms with Crippen molar-refractivity contribution in [2.45, 2.75) is 32.1 Å². The zero-order valence-corrected chi connectivity index (χ0v) is 12.2. The Labute approximate surface area is 127 Å². The number of hydrogen-bond acceptors (Lipinski definition) is 3. The maximum atomic E-state index is 13.2. The first-order chi connectivity index (χ1) is 10.6. The van der Waals surface area contributed by atoms with Crippen molar-refractivity contribution >= 4 is 16.9 Å². The number of nitrogens with one attached hydrogen (secondary N) is 1. The Morgan fingerprint density at radius 3 is 2.77 bits per heavy atom. The quantitative estimate of drug-likeness (QED) is 0.947. The molecule has 1 aromatic heterocycles. The van der Waals surface area contributed by atoms with E-state index in [1.54, 1.807) is 0 Å². The maximum Gasteiger partial charge on any atom is 0.287 e. The average molecular weight is 303 g/mol. The molecule has 0 atom stereocenters. The molecule has 3 rings (SSSR count). The molecule has 1 aromatic carbocycles. The van der Waals surface area contributed by atoms with Gasteiger partial charge < -0.3 is 9.73 Å². The van der Waals surface area contributed by atoms with Crippen molar-refractivity contribution < 1.29 is 13.6 Å². The summed E-state index contributed by atoms with van der Waals surface area (Å²) in [6.07, 6.45) is 5.89. The Bertz CT molecular complexity index is 747. The minimum atomic E-state index is -0.504. The monoisotopic (exact) mass is 303 g/mol. The van der Waals surface area contributed by atoms with Gasteiger partial charge in [0.2, 0.25) is 0 Å². The van der Waals surface area contributed by atoms with Crippen LogP contribution >= 0.6 is 0 Å². The molecule has 1 aliphatic rings. The van der Waals surface area contributed by atoms with Crippen molar-refractivity contribution in [3.8, 4) is 0 Å². The van der Waals surface area contributed by atoms with Crippen LogP contribution in [0.5, 0.6) is 0 Å². The summed E-state index contributed by atoms with van der Waals surface area (Å²) < 4.78 is 18.6. The summed E-state index contributed by atoms with van der Waals surface area (Å²) in [7, 11) is 0. The van der Waals surface area contributed by atoms with E-state index in [2.05, 4.69) is 5.32 Å². The number of benzene rings is 1. The summed E-state index contributed by atoms with van der Waals surface area (Å²) in [6, 6.07) is 4.84. The van der Waals surface area contributed by atoms with Crippen molar-refractivity contribution in [1.82, 2.24) is 5.32 Å². The number of hydrogen-bond donors (Lipinski definition) is 1. The fourth-order valence-electron chi connectivity index (χ4n) is 2.96. The first kappa shape index (κ1) is 14.8. The molecule has 0 spiro atoms. The van der Waals surface area contributed by atoms with Crippen LogP contribution in [-0.4, -0.2) is 12.5 Å². The third-order valence-electron chi connectivity index (χ3n) is 4.19. The van der Waals surface area contributed by atoms with Crippen molar-refractivity contribution in [2.75, 3.05) is 6.54 Å². The van der Waals surface area contributed by atoms with Crippen LogP contribution in [0.2, 0.25) is 0 Å². The van der Waals surface area contributed by atoms with Crippen molar-refractivity contribution in [2.24, 2.45) is 5.92 Å². The number of fused-ring (bicyclic) bond motifs is 1. The number of amides is 1. The summed E-state index contributed by atoms with van der Waals surface area (Å²) >= 11 is 0. The van der Waals surface area contributed by atoms with E-state index >= 15 is 0 Å². The molecule has 4 nitrogen and oxygen atoms in total. The molecule has 0 aliphatic heterocycles. The van der Waals surface area contributed by atoms with Crippen LogP contribution in [0.15, 0.2) is 33.5 Å². The lowest BCUT2D eigenvalue weighted by Gasteiger charge is -2.21. The molecule has 1 amide bonds. The van der Waals surface area contributed by atoms with E-state index in [-0.39, 0.29) is 22.2 Å². The van der Waals surface area contributed by atoms with Gasteiger partial charge in [0.25, 0.3) is 5.91 Å². The Kier molecular flexibility index (Phi) is 4.22. The number of halogens is 1. The molecule has 0 unspecified atom stereocenters. The topological polar surface area (TPSA) is 59.3 Å². The Balaban J connectivity index is 1.77. The lowest BCUT2D eigenvalue weighted by molar-refractivity contribution is 0.0916. The molecule has 2 aromatic rings. The van der Waals surface area contributed by atoms with E-state index in [1.807, 2.05) is 0 Å². The molecule has 0 bridgehead atoms. The van der Waals surface area contributed by atoms with Crippen molar-refractivity contribution in [3.63, 3.8) is 0 Å². The van der Waals surface area contributed by atoms with Crippen LogP contribution < -0.4 is 10.7 Å². The van der Waals surface area contributed by atoms with Crippen LogP contribution in [0.25, 0.3) is 11.0 Å². The summed E-state index contributed by atoms with van der Waals surface area (Å²) in [6.45, 7) is 0.587. The van der Waals surface area contributed by atoms with Crippen molar-refractivity contribution in [1.29, 1.82) is 0 Å². The second-order valence-corrected chi connectivity index (χ2v) is 5.83. The molecule has 0 saturated heterocycles. The summed E-state index contributed by atoms with van der Waals surface area (Å²) in [5.74, 6) is -0.509. The highest BCUT2D eigenvalue weighted by Crippen LogP contribution is 2.23. The summed E-state index contributed by atoms with van der Waals surface area (Å²) in [5, 5.41) is 3.08. The maximum absolute atomic E-state index is 13.2. The molecule has 1 heterocycles. The van der Waals surface area contributed by atoms with Gasteiger partial charge in [0.1, 0.15) is 11.4 Å². The molecule has 5 heteroatoms. The summed E-state index contributed by atoms with van der Waals surface area (Å²) in [5.41, 5.74) is -0.251. The molecular formula is C17H18FNO3. The SMILES string of the molecule is O=C(NCC1CCCCC1)c1cc(=O)c2ccc(F)cc2o1. The van der Waals surface area contributed by atoms with Crippen molar-refractivity contribution in [3.05, 3.63) is 46.1 Å². The highest BCUT2D eigenvalue weighted by molar-refractivity contribution is 5.93. The Morgan fingerprint density at radius 2 is 2.00 bits per heavy atom. The Hall–Kier alpha value is -2.17. The molecule has 1 saturated carbocycles. The van der Waals surface area contributed by atoms with Gasteiger partial charge in [-0.05, 0) is 30.9 Å². The van der Waals surface area contributed by atoms with E-state index < -0.39 is 11.7 Å². The lowest BCUT2D eigenvalue weighted by Crippen LogP contribution is -2.30. The third kappa shape index (κ3) is 3.18. The Morgan fingerprint density at radius 1 is 1.23 bits per heavy atom. The molecular weight excluding hydrogens is 285 g/mol. The highest BCUT2D eigenvalue weighted by atomic mass is 19.1. The van der Waals surface area contributed by atoms with Crippen LogP contribution in [0.4, 0.5) is 4.39 Å². The van der Waals surface area contributed by atoms with Crippen LogP contribution in [0.3, 0.4) is 0 Å². The molecule has 1 fully saturated rings. The molecule has 116 valence electrons. The normalized spacial score (nSPS) is 15.9. The van der Waals surface area contributed by atoms with Gasteiger partial charge in [0, 0.05) is 18.7 Å². The summed E-state index contributed by atoms with van der Waals surface area (Å²) in [4.78, 5) is 24.1. The predicted octanol–water partition coefficient (Wildman–Crippen LogP) is 3.24. The van der Waals surface area contributed by atoms with Gasteiger partial charge in [-0.25, -0.2) is 4.39 Å². The predicted molar refractivity (Wildman–Crippen MR) is 81.4 cm³/mol. The second-order valence-electron chi connectivity index (χ2n) is 5.83. The van der Waals surface area contributed by atoms with Gasteiger partial charge in [-0.3, -0.25) is 9.59 Å². The van der Waals surface area contributed by atoms with E-state index in [0.717, 1.165) is 25.0 Å². The highest BCUT2D eigenvalue weighted by Gasteiger charge is 2.17. The van der Waals surface area contributed by atoms with E-state index in [1.165, 1.54) is 31.4 Å². The van der Waals surface area contributed by atoms with E-state index in [0.29, 0.717) is 12.5 Å². The van der Waals surface area contributed by atoms with Crippen LogP contribution in [0, 0.1) is 11.7 Å². The minimum absolute atomic E-state index is 0.0705. The van der Waals surface area contributed by atoms with E-state index in [9.17, 15) is 14.0 Å². The van der Waals surface area contributed by atoms with Crippen LogP contribution in [-0.2, 0) is 0 Å². The lowest BCUT2D eigenvalue weighted by atomic mass is 9.89. The first-order valence-electron chi connectivity index (χ1n) is 7.65. The zero-order valence-electron chi connectivity index (χ0n) is 12.2. The molecule has 1 aliphatic carbocycles. The second kappa shape index (κ2) is 6.30. The molecule has 0 radical (unpaired) electrons. The standard InChI is InChI=1S/C17H18FNO3/c18-12-6-7-13-14(20)9-16(22-15(13)8-12)17(21)19-10-11-4-2-1-3-5-11/h6-9,11H,1-5,10H2,(H,19,21). The third-order valence-corrected chi connectivity index (χ3v) is 4.19. The minimum Gasteiger partial charge on any atom is -0.451 e. The number of rotatable bonds is 3. The van der Waals surface area contributed by atoms with E-state index in [4.69, 9.17) is 4.42 Å². The fourth-order valence-corrected chi connectivity index (χ4v) is 2.96. The van der Waals surface area contributed by atoms with Gasteiger partial charge in [0.05, 0.1) is 5.39 Å². The largest absolute Gasteiger partial charge is 0.451 e. The fraction of sp³-hybridized carbons (Fsp3) is 0.412. The number of carbonyl (C=O) groups is 1. The van der Waals surface area contributed by atoms with Gasteiger partial charge in [-0.15, -0.1) is 0 Å². The molecule has 1 N–H and O–H groups in total. The average Bonchev–Trinajstić information content (AvgIpc) is 2.53. The smallest absolute Gasteiger partial charge is 0.287 e. The van der Waals surface area contributed by atoms with Crippen LogP contribution in [0.1, 0.15) is 42.7 Å².